The van der Waals surface area contributed by atoms with Gasteiger partial charge in [-0.3, -0.25) is 9.59 Å². The van der Waals surface area contributed by atoms with Crippen molar-refractivity contribution in [3.8, 4) is 0 Å². The molecule has 0 aromatic heterocycles. The van der Waals surface area contributed by atoms with Crippen molar-refractivity contribution in [3.63, 3.8) is 0 Å². The molecule has 4 nitrogen and oxygen atoms in total. The van der Waals surface area contributed by atoms with Crippen molar-refractivity contribution in [3.05, 3.63) is 22.5 Å². The molecule has 4 aliphatic rings. The van der Waals surface area contributed by atoms with Gasteiger partial charge in [0.05, 0.1) is 11.4 Å². The average molecular weight is 328 g/mol. The van der Waals surface area contributed by atoms with Gasteiger partial charge in [0.15, 0.2) is 0 Å². The zero-order valence-corrected chi connectivity index (χ0v) is 14.9. The predicted molar refractivity (Wildman–Crippen MR) is 92.7 cm³/mol. The molecule has 24 heavy (non-hydrogen) atoms. The summed E-state index contributed by atoms with van der Waals surface area (Å²) in [5.74, 6) is 0.948. The quantitative estimate of drug-likeness (QED) is 0.777. The summed E-state index contributed by atoms with van der Waals surface area (Å²) in [5.41, 5.74) is 3.74. The molecule has 0 radical (unpaired) electrons. The number of hydrogen-bond donors (Lipinski definition) is 0. The van der Waals surface area contributed by atoms with Crippen LogP contribution in [0.3, 0.4) is 0 Å². The molecule has 0 atom stereocenters. The maximum atomic E-state index is 13.0. The number of hydrogen-bond acceptors (Lipinski definition) is 2. The van der Waals surface area contributed by atoms with E-state index in [-0.39, 0.29) is 11.8 Å². The fourth-order valence-electron chi connectivity index (χ4n) is 5.22. The summed E-state index contributed by atoms with van der Waals surface area (Å²) in [6, 6.07) is 0. The predicted octanol–water partition coefficient (Wildman–Crippen LogP) is 3.60. The summed E-state index contributed by atoms with van der Waals surface area (Å²) < 4.78 is 0. The summed E-state index contributed by atoms with van der Waals surface area (Å²) in [4.78, 5) is 29.6. The van der Waals surface area contributed by atoms with E-state index in [0.717, 1.165) is 48.2 Å². The van der Waals surface area contributed by atoms with Gasteiger partial charge in [-0.2, -0.15) is 0 Å². The lowest BCUT2D eigenvalue weighted by molar-refractivity contribution is -0.124. The van der Waals surface area contributed by atoms with E-state index in [4.69, 9.17) is 0 Å². The van der Waals surface area contributed by atoms with Crippen LogP contribution in [0.5, 0.6) is 0 Å². The number of fused-ring (bicyclic) bond motifs is 1. The highest BCUT2D eigenvalue weighted by Crippen LogP contribution is 2.47. The fraction of sp³-hybridized carbons (Fsp3) is 0.700. The van der Waals surface area contributed by atoms with Gasteiger partial charge in [-0.1, -0.05) is 38.5 Å². The first kappa shape index (κ1) is 15.9. The van der Waals surface area contributed by atoms with Gasteiger partial charge in [-0.05, 0) is 37.5 Å². The van der Waals surface area contributed by atoms with Crippen molar-refractivity contribution in [2.75, 3.05) is 14.1 Å². The fourth-order valence-corrected chi connectivity index (χ4v) is 5.22. The monoisotopic (exact) mass is 328 g/mol. The Bertz CT molecular complexity index is 578. The van der Waals surface area contributed by atoms with Gasteiger partial charge < -0.3 is 9.80 Å². The molecule has 0 N–H and O–H groups in total. The van der Waals surface area contributed by atoms with Gasteiger partial charge in [-0.25, -0.2) is 0 Å². The third-order valence-electron chi connectivity index (χ3n) is 6.50. The van der Waals surface area contributed by atoms with Gasteiger partial charge in [0.1, 0.15) is 0 Å². The van der Waals surface area contributed by atoms with Gasteiger partial charge >= 0.3 is 0 Å². The van der Waals surface area contributed by atoms with E-state index in [1.165, 1.54) is 38.5 Å². The van der Waals surface area contributed by atoms with Crippen molar-refractivity contribution in [2.24, 2.45) is 11.8 Å². The third-order valence-corrected chi connectivity index (χ3v) is 6.50. The van der Waals surface area contributed by atoms with Crippen LogP contribution in [0, 0.1) is 11.8 Å². The van der Waals surface area contributed by atoms with Crippen LogP contribution in [-0.4, -0.2) is 35.7 Å². The molecule has 0 aromatic carbocycles. The minimum absolute atomic E-state index is 0.138. The Morgan fingerprint density at radius 1 is 0.625 bits per heavy atom. The van der Waals surface area contributed by atoms with Crippen molar-refractivity contribution < 1.29 is 9.59 Å². The van der Waals surface area contributed by atoms with E-state index in [2.05, 4.69) is 0 Å². The Morgan fingerprint density at radius 2 is 0.958 bits per heavy atom. The highest BCUT2D eigenvalue weighted by molar-refractivity contribution is 6.09. The minimum Gasteiger partial charge on any atom is -0.309 e. The normalized spacial score (nSPS) is 26.9. The molecule has 2 saturated carbocycles. The maximum Gasteiger partial charge on any atom is 0.256 e. The smallest absolute Gasteiger partial charge is 0.256 e. The summed E-state index contributed by atoms with van der Waals surface area (Å²) in [6.45, 7) is 0. The van der Waals surface area contributed by atoms with E-state index in [1.807, 2.05) is 14.1 Å². The molecular formula is C20H28N2O2. The topological polar surface area (TPSA) is 40.6 Å². The molecular weight excluding hydrogens is 300 g/mol. The van der Waals surface area contributed by atoms with Crippen LogP contribution >= 0.6 is 0 Å². The number of rotatable bonds is 2. The minimum atomic E-state index is 0.138. The number of nitrogens with zero attached hydrogens (tertiary/aromatic N) is 2. The summed E-state index contributed by atoms with van der Waals surface area (Å²) in [6.07, 6.45) is 11.7. The van der Waals surface area contributed by atoms with Crippen molar-refractivity contribution in [1.29, 1.82) is 0 Å². The van der Waals surface area contributed by atoms with E-state index in [0.29, 0.717) is 11.8 Å². The first-order valence-corrected chi connectivity index (χ1v) is 9.66. The molecule has 0 unspecified atom stereocenters. The lowest BCUT2D eigenvalue weighted by atomic mass is 9.82. The SMILES string of the molecule is CN1C(=O)C(C2CCCCC2)=C2C1=C(C1CCCCC1)C(=O)N2C. The van der Waals surface area contributed by atoms with Crippen molar-refractivity contribution >= 4 is 11.8 Å². The number of likely N-dealkylation sites (N-methyl/N-ethyl adjacent to an activating group) is 2. The molecule has 0 aromatic rings. The van der Waals surface area contributed by atoms with Gasteiger partial charge in [-0.15, -0.1) is 0 Å². The molecule has 2 amide bonds. The molecule has 2 fully saturated rings. The number of amides is 2. The van der Waals surface area contributed by atoms with Crippen LogP contribution in [0.4, 0.5) is 0 Å². The molecule has 0 bridgehead atoms. The van der Waals surface area contributed by atoms with Crippen molar-refractivity contribution in [1.82, 2.24) is 9.80 Å². The molecule has 2 aliphatic heterocycles. The second-order valence-corrected chi connectivity index (χ2v) is 7.92. The van der Waals surface area contributed by atoms with E-state index in [9.17, 15) is 9.59 Å². The van der Waals surface area contributed by atoms with Gasteiger partial charge in [0, 0.05) is 25.2 Å². The average Bonchev–Trinajstić information content (AvgIpc) is 3.02. The highest BCUT2D eigenvalue weighted by Gasteiger charge is 2.48. The van der Waals surface area contributed by atoms with Crippen LogP contribution in [0.1, 0.15) is 64.2 Å². The Labute approximate surface area is 144 Å². The van der Waals surface area contributed by atoms with Crippen LogP contribution in [0.25, 0.3) is 0 Å². The summed E-state index contributed by atoms with van der Waals surface area (Å²) in [5, 5.41) is 0. The standard InChI is InChI=1S/C20H28N2O2/c1-21-17-15(13-9-5-3-6-10-13)20(24)22(2)18(17)16(19(21)23)14-11-7-4-8-12-14/h13-14H,3-12H2,1-2H3. The van der Waals surface area contributed by atoms with Gasteiger partial charge in [0.25, 0.3) is 11.8 Å². The largest absolute Gasteiger partial charge is 0.309 e. The van der Waals surface area contributed by atoms with E-state index < -0.39 is 0 Å². The Morgan fingerprint density at radius 3 is 1.29 bits per heavy atom. The highest BCUT2D eigenvalue weighted by atomic mass is 16.2. The van der Waals surface area contributed by atoms with Crippen LogP contribution in [0.15, 0.2) is 22.5 Å². The zero-order chi connectivity index (χ0) is 16.8. The first-order valence-electron chi connectivity index (χ1n) is 9.66. The Balaban J connectivity index is 1.80. The molecule has 2 aliphatic carbocycles. The van der Waals surface area contributed by atoms with Gasteiger partial charge in [0.2, 0.25) is 0 Å². The number of carbonyl (C=O) groups excluding carboxylic acids is 2. The van der Waals surface area contributed by atoms with E-state index >= 15 is 0 Å². The summed E-state index contributed by atoms with van der Waals surface area (Å²) >= 11 is 0. The zero-order valence-electron chi connectivity index (χ0n) is 14.9. The van der Waals surface area contributed by atoms with Crippen LogP contribution in [0.2, 0.25) is 0 Å². The van der Waals surface area contributed by atoms with E-state index in [1.54, 1.807) is 9.80 Å². The van der Waals surface area contributed by atoms with Crippen molar-refractivity contribution in [2.45, 2.75) is 64.2 Å². The Kier molecular flexibility index (Phi) is 4.01. The molecule has 0 spiro atoms. The maximum absolute atomic E-state index is 13.0. The lowest BCUT2D eigenvalue weighted by Crippen LogP contribution is -2.29. The second kappa shape index (κ2) is 6.05. The van der Waals surface area contributed by atoms with Crippen LogP contribution < -0.4 is 0 Å². The first-order chi connectivity index (χ1) is 11.6. The molecule has 0 saturated heterocycles. The second-order valence-electron chi connectivity index (χ2n) is 7.92. The number of carbonyl (C=O) groups is 2. The molecule has 4 heteroatoms. The van der Waals surface area contributed by atoms with Crippen LogP contribution in [-0.2, 0) is 9.59 Å². The molecule has 2 heterocycles. The lowest BCUT2D eigenvalue weighted by Gasteiger charge is -2.26. The Hall–Kier alpha value is -1.58. The molecule has 4 rings (SSSR count). The summed E-state index contributed by atoms with van der Waals surface area (Å²) in [7, 11) is 3.73. The third kappa shape index (κ3) is 2.26. The molecule has 130 valence electrons.